The van der Waals surface area contributed by atoms with Crippen molar-refractivity contribution in [2.24, 2.45) is 4.99 Å². The molecule has 0 spiro atoms. The minimum absolute atomic E-state index is 0.331. The molecule has 0 atom stereocenters. The van der Waals surface area contributed by atoms with E-state index in [2.05, 4.69) is 25.9 Å². The normalized spacial score (nSPS) is 11.3. The fourth-order valence-corrected chi connectivity index (χ4v) is 1.16. The van der Waals surface area contributed by atoms with E-state index in [4.69, 9.17) is 0 Å². The van der Waals surface area contributed by atoms with Crippen LogP contribution in [0.4, 0.5) is 0 Å². The third kappa shape index (κ3) is 3.43. The Morgan fingerprint density at radius 1 is 1.53 bits per heavy atom. The molecule has 80 valence electrons. The first-order chi connectivity index (χ1) is 7.00. The summed E-state index contributed by atoms with van der Waals surface area (Å²) in [5, 5.41) is 0. The second-order valence-corrected chi connectivity index (χ2v) is 4.13. The minimum atomic E-state index is -0.331. The average Bonchev–Trinajstić information content (AvgIpc) is 2.17. The molecule has 0 N–H and O–H groups in total. The lowest BCUT2D eigenvalue weighted by molar-refractivity contribution is 0.0997. The number of rotatable bonds is 1. The maximum Gasteiger partial charge on any atom is 0.297 e. The quantitative estimate of drug-likeness (QED) is 0.579. The van der Waals surface area contributed by atoms with E-state index in [9.17, 15) is 4.79 Å². The summed E-state index contributed by atoms with van der Waals surface area (Å²) in [4.78, 5) is 21.2. The number of amides is 1. The van der Waals surface area contributed by atoms with Gasteiger partial charge in [-0.2, -0.15) is 4.99 Å². The third-order valence-corrected chi connectivity index (χ3v) is 2.34. The van der Waals surface area contributed by atoms with Crippen LogP contribution in [0.25, 0.3) is 0 Å². The van der Waals surface area contributed by atoms with Gasteiger partial charge in [-0.25, -0.2) is 0 Å². The Hall–Kier alpha value is -1.23. The molecule has 15 heavy (non-hydrogen) atoms. The van der Waals surface area contributed by atoms with Gasteiger partial charge in [0.05, 0.1) is 0 Å². The van der Waals surface area contributed by atoms with Crippen LogP contribution in [0.1, 0.15) is 17.4 Å². The van der Waals surface area contributed by atoms with Crippen molar-refractivity contribution in [3.63, 3.8) is 0 Å². The van der Waals surface area contributed by atoms with Gasteiger partial charge in [0.25, 0.3) is 5.91 Å². The zero-order valence-corrected chi connectivity index (χ0v) is 10.4. The van der Waals surface area contributed by atoms with E-state index < -0.39 is 0 Å². The highest BCUT2D eigenvalue weighted by Gasteiger charge is 2.07. The molecule has 0 bridgehead atoms. The number of hydrogen-bond donors (Lipinski definition) is 0. The summed E-state index contributed by atoms with van der Waals surface area (Å²) in [7, 11) is 3.67. The van der Waals surface area contributed by atoms with Crippen LogP contribution in [-0.4, -0.2) is 35.7 Å². The van der Waals surface area contributed by atoms with E-state index in [1.54, 1.807) is 30.2 Å². The van der Waals surface area contributed by atoms with Gasteiger partial charge in [0.15, 0.2) is 0 Å². The number of hydrogen-bond acceptors (Lipinski definition) is 2. The Bertz CT molecular complexity index is 401. The summed E-state index contributed by atoms with van der Waals surface area (Å²) in [6, 6.07) is 3.41. The summed E-state index contributed by atoms with van der Waals surface area (Å²) < 4.78 is 0.818. The van der Waals surface area contributed by atoms with Crippen molar-refractivity contribution in [2.45, 2.75) is 6.92 Å². The maximum absolute atomic E-state index is 11.6. The average molecular weight is 270 g/mol. The first-order valence-electron chi connectivity index (χ1n) is 4.39. The van der Waals surface area contributed by atoms with E-state index >= 15 is 0 Å². The van der Waals surface area contributed by atoms with Crippen molar-refractivity contribution in [3.8, 4) is 0 Å². The number of amidine groups is 1. The van der Waals surface area contributed by atoms with Crippen LogP contribution < -0.4 is 0 Å². The van der Waals surface area contributed by atoms with Crippen LogP contribution >= 0.6 is 15.9 Å². The molecule has 1 amide bonds. The zero-order valence-electron chi connectivity index (χ0n) is 8.86. The molecule has 0 aliphatic rings. The predicted molar refractivity (Wildman–Crippen MR) is 63.1 cm³/mol. The monoisotopic (exact) mass is 269 g/mol. The molecule has 0 fully saturated rings. The molecule has 5 heteroatoms. The fourth-order valence-electron chi connectivity index (χ4n) is 0.826. The number of nitrogens with zero attached hydrogens (tertiary/aromatic N) is 3. The Kier molecular flexibility index (Phi) is 3.96. The van der Waals surface area contributed by atoms with E-state index in [0.717, 1.165) is 4.47 Å². The van der Waals surface area contributed by atoms with Crippen molar-refractivity contribution in [3.05, 3.63) is 28.5 Å². The lowest BCUT2D eigenvalue weighted by atomic mass is 10.3. The molecule has 0 radical (unpaired) electrons. The molecule has 1 heterocycles. The van der Waals surface area contributed by atoms with Gasteiger partial charge < -0.3 is 4.90 Å². The largest absolute Gasteiger partial charge is 0.366 e. The van der Waals surface area contributed by atoms with Crippen molar-refractivity contribution >= 4 is 27.7 Å². The molecular weight excluding hydrogens is 258 g/mol. The zero-order chi connectivity index (χ0) is 11.4. The van der Waals surface area contributed by atoms with Gasteiger partial charge >= 0.3 is 0 Å². The first kappa shape index (κ1) is 11.8. The third-order valence-electron chi connectivity index (χ3n) is 1.85. The van der Waals surface area contributed by atoms with Crippen LogP contribution in [0, 0.1) is 0 Å². The fraction of sp³-hybridized carbons (Fsp3) is 0.300. The van der Waals surface area contributed by atoms with Crippen molar-refractivity contribution in [2.75, 3.05) is 14.1 Å². The Morgan fingerprint density at radius 2 is 2.20 bits per heavy atom. The highest BCUT2D eigenvalue weighted by Crippen LogP contribution is 2.10. The number of aromatic nitrogens is 1. The van der Waals surface area contributed by atoms with E-state index in [-0.39, 0.29) is 5.91 Å². The molecule has 1 aromatic heterocycles. The number of carbonyl (C=O) groups is 1. The van der Waals surface area contributed by atoms with Gasteiger partial charge in [-0.05, 0) is 19.1 Å². The summed E-state index contributed by atoms with van der Waals surface area (Å²) in [5.74, 6) is 0.323. The van der Waals surface area contributed by atoms with Crippen LogP contribution in [0.15, 0.2) is 27.8 Å². The number of pyridine rings is 1. The van der Waals surface area contributed by atoms with Gasteiger partial charge in [0.1, 0.15) is 11.5 Å². The van der Waals surface area contributed by atoms with Crippen molar-refractivity contribution in [1.82, 2.24) is 9.88 Å². The van der Waals surface area contributed by atoms with Crippen LogP contribution in [0.5, 0.6) is 0 Å². The van der Waals surface area contributed by atoms with E-state index in [0.29, 0.717) is 11.5 Å². The van der Waals surface area contributed by atoms with E-state index in [1.165, 1.54) is 0 Å². The van der Waals surface area contributed by atoms with Gasteiger partial charge in [0.2, 0.25) is 0 Å². The van der Waals surface area contributed by atoms with Gasteiger partial charge in [-0.3, -0.25) is 9.78 Å². The standard InChI is InChI=1S/C10H12BrN3O/c1-7(14(2)3)13-10(15)9-6-8(11)4-5-12-9/h4-6H,1-3H3. The number of halogens is 1. The Labute approximate surface area is 97.2 Å². The Morgan fingerprint density at radius 3 is 2.73 bits per heavy atom. The summed E-state index contributed by atoms with van der Waals surface area (Å²) in [6.07, 6.45) is 1.57. The molecule has 0 aliphatic heterocycles. The lowest BCUT2D eigenvalue weighted by Crippen LogP contribution is -2.20. The molecule has 0 unspecified atom stereocenters. The highest BCUT2D eigenvalue weighted by molar-refractivity contribution is 9.10. The van der Waals surface area contributed by atoms with Crippen LogP contribution in [0.2, 0.25) is 0 Å². The number of carbonyl (C=O) groups excluding carboxylic acids is 1. The first-order valence-corrected chi connectivity index (χ1v) is 5.18. The Balaban J connectivity index is 2.91. The topological polar surface area (TPSA) is 45.6 Å². The highest BCUT2D eigenvalue weighted by atomic mass is 79.9. The molecule has 0 saturated carbocycles. The van der Waals surface area contributed by atoms with E-state index in [1.807, 2.05) is 14.1 Å². The lowest BCUT2D eigenvalue weighted by Gasteiger charge is -2.09. The molecule has 4 nitrogen and oxygen atoms in total. The van der Waals surface area contributed by atoms with Gasteiger partial charge in [-0.1, -0.05) is 15.9 Å². The van der Waals surface area contributed by atoms with Gasteiger partial charge in [0, 0.05) is 24.8 Å². The summed E-state index contributed by atoms with van der Waals surface area (Å²) >= 11 is 3.27. The van der Waals surface area contributed by atoms with Crippen molar-refractivity contribution < 1.29 is 4.79 Å². The molecule has 1 aromatic rings. The smallest absolute Gasteiger partial charge is 0.297 e. The molecular formula is C10H12BrN3O. The minimum Gasteiger partial charge on any atom is -0.366 e. The van der Waals surface area contributed by atoms with Crippen molar-refractivity contribution in [1.29, 1.82) is 0 Å². The summed E-state index contributed by atoms with van der Waals surface area (Å²) in [6.45, 7) is 1.77. The molecule has 0 aromatic carbocycles. The van der Waals surface area contributed by atoms with Gasteiger partial charge in [-0.15, -0.1) is 0 Å². The maximum atomic E-state index is 11.6. The molecule has 0 aliphatic carbocycles. The second kappa shape index (κ2) is 5.02. The predicted octanol–water partition coefficient (Wildman–Crippen LogP) is 1.96. The molecule has 0 saturated heterocycles. The van der Waals surface area contributed by atoms with Crippen LogP contribution in [0.3, 0.4) is 0 Å². The SMILES string of the molecule is CC(=NC(=O)c1cc(Br)ccn1)N(C)C. The number of aliphatic imine (C=N–C) groups is 1. The molecule has 1 rings (SSSR count). The second-order valence-electron chi connectivity index (χ2n) is 3.22. The van der Waals surface area contributed by atoms with Crippen LogP contribution in [-0.2, 0) is 0 Å². The summed E-state index contributed by atoms with van der Waals surface area (Å²) in [5.41, 5.74) is 0.338.